The van der Waals surface area contributed by atoms with E-state index in [1.807, 2.05) is 25.1 Å². The molecule has 3 nitrogen and oxygen atoms in total. The fraction of sp³-hybridized carbons (Fsp3) is 0.231. The Bertz CT molecular complexity index is 625. The van der Waals surface area contributed by atoms with Crippen molar-refractivity contribution in [3.63, 3.8) is 0 Å². The van der Waals surface area contributed by atoms with E-state index in [-0.39, 0.29) is 5.56 Å². The average Bonchev–Trinajstić information content (AvgIpc) is 2.29. The van der Waals surface area contributed by atoms with Crippen molar-refractivity contribution >= 4 is 23.4 Å². The maximum Gasteiger partial charge on any atom is 0.251 e. The van der Waals surface area contributed by atoms with E-state index in [9.17, 15) is 4.79 Å². The average molecular weight is 281 g/mol. The van der Waals surface area contributed by atoms with Gasteiger partial charge in [0.05, 0.1) is 0 Å². The molecule has 0 radical (unpaired) electrons. The minimum atomic E-state index is -0.125. The van der Waals surface area contributed by atoms with Crippen LogP contribution in [0.25, 0.3) is 0 Å². The SMILES string of the molecule is Cc1ccc(Cl)c(CSc2nc(C)cc(=O)[nH]2)c1. The minimum Gasteiger partial charge on any atom is -0.301 e. The number of thioether (sulfide) groups is 1. The third-order valence-electron chi connectivity index (χ3n) is 2.41. The summed E-state index contributed by atoms with van der Waals surface area (Å²) in [7, 11) is 0. The highest BCUT2D eigenvalue weighted by atomic mass is 35.5. The molecule has 1 aromatic carbocycles. The zero-order chi connectivity index (χ0) is 13.1. The second-order valence-electron chi connectivity index (χ2n) is 4.08. The summed E-state index contributed by atoms with van der Waals surface area (Å²) >= 11 is 7.59. The Kier molecular flexibility index (Phi) is 4.09. The minimum absolute atomic E-state index is 0.125. The van der Waals surface area contributed by atoms with Gasteiger partial charge in [0.15, 0.2) is 5.16 Å². The summed E-state index contributed by atoms with van der Waals surface area (Å²) in [6, 6.07) is 7.38. The van der Waals surface area contributed by atoms with Crippen molar-refractivity contribution in [2.75, 3.05) is 0 Å². The summed E-state index contributed by atoms with van der Waals surface area (Å²) in [5.41, 5.74) is 2.81. The highest BCUT2D eigenvalue weighted by Crippen LogP contribution is 2.25. The third-order valence-corrected chi connectivity index (χ3v) is 3.70. The van der Waals surface area contributed by atoms with Crippen LogP contribution < -0.4 is 5.56 Å². The normalized spacial score (nSPS) is 10.6. The Balaban J connectivity index is 2.16. The maximum atomic E-state index is 11.3. The van der Waals surface area contributed by atoms with Crippen molar-refractivity contribution < 1.29 is 0 Å². The smallest absolute Gasteiger partial charge is 0.251 e. The lowest BCUT2D eigenvalue weighted by Gasteiger charge is -2.05. The zero-order valence-corrected chi connectivity index (χ0v) is 11.7. The van der Waals surface area contributed by atoms with Gasteiger partial charge >= 0.3 is 0 Å². The van der Waals surface area contributed by atoms with E-state index in [1.54, 1.807) is 6.92 Å². The van der Waals surface area contributed by atoms with Crippen LogP contribution in [0.3, 0.4) is 0 Å². The Labute approximate surface area is 115 Å². The van der Waals surface area contributed by atoms with Gasteiger partial charge in [-0.15, -0.1) is 0 Å². The quantitative estimate of drug-likeness (QED) is 0.693. The molecule has 0 unspecified atom stereocenters. The van der Waals surface area contributed by atoms with Gasteiger partial charge in [0.1, 0.15) is 0 Å². The first-order chi connectivity index (χ1) is 8.54. The third kappa shape index (κ3) is 3.37. The first-order valence-corrected chi connectivity index (χ1v) is 6.87. The molecule has 0 aliphatic heterocycles. The Hall–Kier alpha value is -1.26. The highest BCUT2D eigenvalue weighted by molar-refractivity contribution is 7.98. The van der Waals surface area contributed by atoms with E-state index in [1.165, 1.54) is 23.4 Å². The topological polar surface area (TPSA) is 45.8 Å². The largest absolute Gasteiger partial charge is 0.301 e. The molecule has 1 N–H and O–H groups in total. The van der Waals surface area contributed by atoms with E-state index in [0.29, 0.717) is 10.9 Å². The van der Waals surface area contributed by atoms with Crippen molar-refractivity contribution in [1.82, 2.24) is 9.97 Å². The second-order valence-corrected chi connectivity index (χ2v) is 5.45. The fourth-order valence-electron chi connectivity index (χ4n) is 1.58. The van der Waals surface area contributed by atoms with Crippen molar-refractivity contribution in [1.29, 1.82) is 0 Å². The van der Waals surface area contributed by atoms with E-state index in [4.69, 9.17) is 11.6 Å². The maximum absolute atomic E-state index is 11.3. The van der Waals surface area contributed by atoms with Gasteiger partial charge in [0.25, 0.3) is 5.56 Å². The van der Waals surface area contributed by atoms with Crippen molar-refractivity contribution in [2.24, 2.45) is 0 Å². The van der Waals surface area contributed by atoms with Crippen LogP contribution in [0.5, 0.6) is 0 Å². The van der Waals surface area contributed by atoms with E-state index in [0.717, 1.165) is 16.3 Å². The molecule has 0 aliphatic rings. The lowest BCUT2D eigenvalue weighted by Crippen LogP contribution is -2.08. The van der Waals surface area contributed by atoms with E-state index < -0.39 is 0 Å². The van der Waals surface area contributed by atoms with Crippen LogP contribution in [0.15, 0.2) is 34.2 Å². The van der Waals surface area contributed by atoms with Crippen LogP contribution in [0.4, 0.5) is 0 Å². The Morgan fingerprint density at radius 3 is 2.83 bits per heavy atom. The van der Waals surface area contributed by atoms with Gasteiger partial charge in [-0.05, 0) is 25.5 Å². The summed E-state index contributed by atoms with van der Waals surface area (Å²) in [6.07, 6.45) is 0. The van der Waals surface area contributed by atoms with Gasteiger partial charge in [-0.3, -0.25) is 4.79 Å². The summed E-state index contributed by atoms with van der Waals surface area (Å²) in [5.74, 6) is 0.687. The van der Waals surface area contributed by atoms with E-state index >= 15 is 0 Å². The molecule has 0 atom stereocenters. The predicted molar refractivity (Wildman–Crippen MR) is 75.3 cm³/mol. The van der Waals surface area contributed by atoms with Crippen molar-refractivity contribution in [2.45, 2.75) is 24.8 Å². The van der Waals surface area contributed by atoms with Crippen LogP contribution >= 0.6 is 23.4 Å². The zero-order valence-electron chi connectivity index (χ0n) is 10.2. The van der Waals surface area contributed by atoms with Crippen LogP contribution in [0, 0.1) is 13.8 Å². The molecule has 0 saturated carbocycles. The van der Waals surface area contributed by atoms with Crippen LogP contribution in [-0.2, 0) is 5.75 Å². The lowest BCUT2D eigenvalue weighted by molar-refractivity contribution is 0.905. The van der Waals surface area contributed by atoms with Crippen LogP contribution in [-0.4, -0.2) is 9.97 Å². The highest BCUT2D eigenvalue weighted by Gasteiger charge is 2.04. The molecule has 2 aromatic rings. The molecule has 2 rings (SSSR count). The van der Waals surface area contributed by atoms with Crippen LogP contribution in [0.1, 0.15) is 16.8 Å². The number of nitrogens with one attached hydrogen (secondary N) is 1. The first-order valence-electron chi connectivity index (χ1n) is 5.50. The van der Waals surface area contributed by atoms with Gasteiger partial charge in [-0.25, -0.2) is 4.98 Å². The number of aryl methyl sites for hydroxylation is 2. The second kappa shape index (κ2) is 5.59. The summed E-state index contributed by atoms with van der Waals surface area (Å²) in [6.45, 7) is 3.83. The number of aromatic amines is 1. The molecule has 0 amide bonds. The molecule has 18 heavy (non-hydrogen) atoms. The van der Waals surface area contributed by atoms with Gasteiger partial charge in [-0.1, -0.05) is 41.1 Å². The number of aromatic nitrogens is 2. The number of hydrogen-bond acceptors (Lipinski definition) is 3. The number of nitrogens with zero attached hydrogens (tertiary/aromatic N) is 1. The Morgan fingerprint density at radius 1 is 1.33 bits per heavy atom. The number of rotatable bonds is 3. The molecule has 1 aromatic heterocycles. The van der Waals surface area contributed by atoms with Gasteiger partial charge in [-0.2, -0.15) is 0 Å². The van der Waals surface area contributed by atoms with E-state index in [2.05, 4.69) is 9.97 Å². The first kappa shape index (κ1) is 13.2. The monoisotopic (exact) mass is 280 g/mol. The summed E-state index contributed by atoms with van der Waals surface area (Å²) in [5, 5.41) is 1.36. The molecule has 0 bridgehead atoms. The molecule has 0 fully saturated rings. The number of hydrogen-bond donors (Lipinski definition) is 1. The fourth-order valence-corrected chi connectivity index (χ4v) is 2.76. The van der Waals surface area contributed by atoms with Crippen molar-refractivity contribution in [3.05, 3.63) is 56.5 Å². The lowest BCUT2D eigenvalue weighted by atomic mass is 10.2. The molecule has 0 spiro atoms. The number of halogens is 1. The molecule has 1 heterocycles. The standard InChI is InChI=1S/C13H13ClN2OS/c1-8-3-4-11(14)10(5-8)7-18-13-15-9(2)6-12(17)16-13/h3-6H,7H2,1-2H3,(H,15,16,17). The Morgan fingerprint density at radius 2 is 2.11 bits per heavy atom. The molecular weight excluding hydrogens is 268 g/mol. The number of benzene rings is 1. The summed E-state index contributed by atoms with van der Waals surface area (Å²) < 4.78 is 0. The van der Waals surface area contributed by atoms with Crippen molar-refractivity contribution in [3.8, 4) is 0 Å². The molecule has 5 heteroatoms. The molecule has 0 saturated heterocycles. The molecular formula is C13H13ClN2OS. The van der Waals surface area contributed by atoms with Gasteiger partial charge in [0, 0.05) is 22.5 Å². The molecule has 0 aliphatic carbocycles. The summed E-state index contributed by atoms with van der Waals surface area (Å²) in [4.78, 5) is 18.3. The van der Waals surface area contributed by atoms with Gasteiger partial charge in [0.2, 0.25) is 0 Å². The number of H-pyrrole nitrogens is 1. The predicted octanol–water partition coefficient (Wildman–Crippen LogP) is 3.33. The molecule has 94 valence electrons. The van der Waals surface area contributed by atoms with Crippen LogP contribution in [0.2, 0.25) is 5.02 Å². The van der Waals surface area contributed by atoms with Gasteiger partial charge < -0.3 is 4.98 Å².